The van der Waals surface area contributed by atoms with Crippen molar-refractivity contribution >= 4 is 41.1 Å². The summed E-state index contributed by atoms with van der Waals surface area (Å²) in [5.74, 6) is -0.403. The van der Waals surface area contributed by atoms with Crippen molar-refractivity contribution in [2.45, 2.75) is 20.8 Å². The molecule has 0 saturated heterocycles. The van der Waals surface area contributed by atoms with Crippen LogP contribution in [0.4, 0.5) is 5.69 Å². The van der Waals surface area contributed by atoms with Crippen molar-refractivity contribution in [1.82, 2.24) is 4.90 Å². The van der Waals surface area contributed by atoms with E-state index in [-0.39, 0.29) is 35.5 Å². The Balaban J connectivity index is 1.71. The fraction of sp³-hybridized carbons (Fsp3) is 0.269. The Bertz CT molecular complexity index is 1150. The van der Waals surface area contributed by atoms with Crippen molar-refractivity contribution in [1.29, 1.82) is 0 Å². The minimum atomic E-state index is -0.548. The molecule has 2 aromatic carbocycles. The molecular formula is C26H27ClN2O5. The number of nitrogens with zero attached hydrogens (tertiary/aromatic N) is 1. The minimum absolute atomic E-state index is 0.192. The molecule has 1 N–H and O–H groups in total. The maximum Gasteiger partial charge on any atom is 0.340 e. The third-order valence-corrected chi connectivity index (χ3v) is 5.49. The Morgan fingerprint density at radius 1 is 1.12 bits per heavy atom. The third kappa shape index (κ3) is 5.85. The van der Waals surface area contributed by atoms with Crippen molar-refractivity contribution < 1.29 is 23.9 Å². The molecule has 1 aliphatic rings. The van der Waals surface area contributed by atoms with E-state index < -0.39 is 5.97 Å². The number of hydrogen-bond acceptors (Lipinski definition) is 5. The number of para-hydroxylation sites is 1. The molecule has 2 amide bonds. The fourth-order valence-electron chi connectivity index (χ4n) is 3.54. The largest absolute Gasteiger partial charge is 0.484 e. The van der Waals surface area contributed by atoms with Crippen LogP contribution in [-0.2, 0) is 19.1 Å². The molecule has 0 radical (unpaired) electrons. The summed E-state index contributed by atoms with van der Waals surface area (Å²) in [4.78, 5) is 39.2. The number of esters is 1. The van der Waals surface area contributed by atoms with E-state index in [2.05, 4.69) is 5.32 Å². The summed E-state index contributed by atoms with van der Waals surface area (Å²) in [5.41, 5.74) is 2.36. The summed E-state index contributed by atoms with van der Waals surface area (Å²) in [6.07, 6.45) is 1.66. The van der Waals surface area contributed by atoms with Crippen LogP contribution in [0.25, 0.3) is 6.08 Å². The number of carbonyl (C=O) groups is 3. The van der Waals surface area contributed by atoms with Crippen LogP contribution in [0.2, 0.25) is 5.02 Å². The van der Waals surface area contributed by atoms with Crippen molar-refractivity contribution in [3.63, 3.8) is 0 Å². The number of rotatable bonds is 8. The number of methoxy groups -OCH3 is 1. The molecule has 0 saturated carbocycles. The van der Waals surface area contributed by atoms with Gasteiger partial charge in [-0.3, -0.25) is 9.59 Å². The summed E-state index contributed by atoms with van der Waals surface area (Å²) in [6.45, 7) is 6.08. The average Bonchev–Trinajstić information content (AvgIpc) is 3.03. The van der Waals surface area contributed by atoms with E-state index in [1.807, 2.05) is 13.8 Å². The highest BCUT2D eigenvalue weighted by Gasteiger charge is 2.37. The topological polar surface area (TPSA) is 84.9 Å². The molecule has 34 heavy (non-hydrogen) atoms. The predicted molar refractivity (Wildman–Crippen MR) is 131 cm³/mol. The average molecular weight is 483 g/mol. The first-order valence-corrected chi connectivity index (χ1v) is 11.2. The fourth-order valence-corrected chi connectivity index (χ4v) is 3.72. The predicted octanol–water partition coefficient (Wildman–Crippen LogP) is 4.69. The molecule has 0 bridgehead atoms. The normalized spacial score (nSPS) is 14.7. The van der Waals surface area contributed by atoms with E-state index in [4.69, 9.17) is 21.1 Å². The lowest BCUT2D eigenvalue weighted by Gasteiger charge is -2.19. The second-order valence-electron chi connectivity index (χ2n) is 8.21. The van der Waals surface area contributed by atoms with Crippen LogP contribution in [0.1, 0.15) is 26.3 Å². The van der Waals surface area contributed by atoms with Gasteiger partial charge >= 0.3 is 5.97 Å². The molecule has 0 atom stereocenters. The Morgan fingerprint density at radius 3 is 2.41 bits per heavy atom. The van der Waals surface area contributed by atoms with Gasteiger partial charge in [0.2, 0.25) is 0 Å². The molecule has 7 nitrogen and oxygen atoms in total. The lowest BCUT2D eigenvalue weighted by molar-refractivity contribution is -0.136. The van der Waals surface area contributed by atoms with Crippen LogP contribution >= 0.6 is 11.6 Å². The summed E-state index contributed by atoms with van der Waals surface area (Å²) in [6, 6.07) is 13.8. The zero-order valence-electron chi connectivity index (χ0n) is 19.6. The Morgan fingerprint density at radius 2 is 1.79 bits per heavy atom. The van der Waals surface area contributed by atoms with Gasteiger partial charge in [0.1, 0.15) is 5.75 Å². The van der Waals surface area contributed by atoms with Gasteiger partial charge in [-0.05, 0) is 48.7 Å². The number of nitrogens with one attached hydrogen (secondary N) is 1. The van der Waals surface area contributed by atoms with Crippen LogP contribution in [0, 0.1) is 5.92 Å². The number of amides is 2. The summed E-state index contributed by atoms with van der Waals surface area (Å²) >= 11 is 6.04. The molecule has 8 heteroatoms. The molecule has 0 unspecified atom stereocenters. The molecule has 3 rings (SSSR count). The Labute approximate surface area is 204 Å². The van der Waals surface area contributed by atoms with Gasteiger partial charge in [-0.2, -0.15) is 0 Å². The molecule has 178 valence electrons. The first-order chi connectivity index (χ1) is 16.2. The smallest absolute Gasteiger partial charge is 0.340 e. The summed E-state index contributed by atoms with van der Waals surface area (Å²) < 4.78 is 10.5. The second kappa shape index (κ2) is 11.0. The van der Waals surface area contributed by atoms with Gasteiger partial charge in [0.25, 0.3) is 11.8 Å². The van der Waals surface area contributed by atoms with Gasteiger partial charge in [-0.1, -0.05) is 49.7 Å². The lowest BCUT2D eigenvalue weighted by atomic mass is 10.0. The molecular weight excluding hydrogens is 456 g/mol. The van der Waals surface area contributed by atoms with Gasteiger partial charge in [-0.25, -0.2) is 4.79 Å². The van der Waals surface area contributed by atoms with Crippen LogP contribution < -0.4 is 10.1 Å². The van der Waals surface area contributed by atoms with Crippen LogP contribution in [0.3, 0.4) is 0 Å². The van der Waals surface area contributed by atoms with E-state index in [0.29, 0.717) is 34.3 Å². The number of hydrogen-bond donors (Lipinski definition) is 1. The SMILES string of the molecule is COC(=O)C1=C(C)N(CC(C)C)C(=O)C1=Cc1ccc(OCC(=O)Nc2ccccc2Cl)cc1. The molecule has 1 aliphatic heterocycles. The van der Waals surface area contributed by atoms with Crippen LogP contribution in [0.5, 0.6) is 5.75 Å². The second-order valence-corrected chi connectivity index (χ2v) is 8.61. The Kier molecular flexibility index (Phi) is 8.12. The van der Waals surface area contributed by atoms with Crippen molar-refractivity contribution in [2.75, 3.05) is 25.6 Å². The highest BCUT2D eigenvalue weighted by atomic mass is 35.5. The number of benzene rings is 2. The highest BCUT2D eigenvalue weighted by Crippen LogP contribution is 2.32. The van der Waals surface area contributed by atoms with E-state index in [0.717, 1.165) is 0 Å². The summed E-state index contributed by atoms with van der Waals surface area (Å²) in [5, 5.41) is 3.13. The summed E-state index contributed by atoms with van der Waals surface area (Å²) in [7, 11) is 1.30. The van der Waals surface area contributed by atoms with Crippen LogP contribution in [-0.4, -0.2) is 42.9 Å². The zero-order chi connectivity index (χ0) is 24.8. The van der Waals surface area contributed by atoms with E-state index in [1.54, 1.807) is 66.4 Å². The first-order valence-electron chi connectivity index (χ1n) is 10.8. The third-order valence-electron chi connectivity index (χ3n) is 5.16. The molecule has 0 spiro atoms. The van der Waals surface area contributed by atoms with Gasteiger partial charge in [0, 0.05) is 12.2 Å². The lowest BCUT2D eigenvalue weighted by Crippen LogP contribution is -2.28. The highest BCUT2D eigenvalue weighted by molar-refractivity contribution is 6.33. The Hall–Kier alpha value is -3.58. The zero-order valence-corrected chi connectivity index (χ0v) is 20.3. The number of allylic oxidation sites excluding steroid dienone is 1. The number of halogens is 1. The maximum absolute atomic E-state index is 13.0. The molecule has 0 aliphatic carbocycles. The van der Waals surface area contributed by atoms with Crippen molar-refractivity contribution in [3.8, 4) is 5.75 Å². The van der Waals surface area contributed by atoms with Crippen molar-refractivity contribution in [2.24, 2.45) is 5.92 Å². The van der Waals surface area contributed by atoms with E-state index >= 15 is 0 Å². The minimum Gasteiger partial charge on any atom is -0.484 e. The van der Waals surface area contributed by atoms with E-state index in [9.17, 15) is 14.4 Å². The van der Waals surface area contributed by atoms with Gasteiger partial charge in [0.05, 0.1) is 29.0 Å². The molecule has 2 aromatic rings. The molecule has 0 fully saturated rings. The standard InChI is InChI=1S/C26H27ClN2O5/c1-16(2)14-29-17(3)24(26(32)33-4)20(25(29)31)13-18-9-11-19(12-10-18)34-15-23(30)28-22-8-6-5-7-21(22)27/h5-13,16H,14-15H2,1-4H3,(H,28,30). The quantitative estimate of drug-likeness (QED) is 0.436. The van der Waals surface area contributed by atoms with E-state index in [1.165, 1.54) is 7.11 Å². The first kappa shape index (κ1) is 25.1. The van der Waals surface area contributed by atoms with Crippen molar-refractivity contribution in [3.05, 3.63) is 76.0 Å². The maximum atomic E-state index is 13.0. The van der Waals surface area contributed by atoms with Gasteiger partial charge < -0.3 is 19.7 Å². The molecule has 0 aromatic heterocycles. The molecule has 1 heterocycles. The van der Waals surface area contributed by atoms with Gasteiger partial charge in [0.15, 0.2) is 6.61 Å². The number of anilines is 1. The number of ether oxygens (including phenoxy) is 2. The monoisotopic (exact) mass is 482 g/mol. The van der Waals surface area contributed by atoms with Gasteiger partial charge in [-0.15, -0.1) is 0 Å². The van der Waals surface area contributed by atoms with Crippen LogP contribution in [0.15, 0.2) is 65.4 Å². The number of carbonyl (C=O) groups excluding carboxylic acids is 3.